The Morgan fingerprint density at radius 2 is 1.95 bits per heavy atom. The van der Waals surface area contributed by atoms with Crippen molar-refractivity contribution in [1.82, 2.24) is 14.9 Å². The summed E-state index contributed by atoms with van der Waals surface area (Å²) in [5.74, 6) is 0.897. The minimum Gasteiger partial charge on any atom is -0.366 e. The van der Waals surface area contributed by atoms with Gasteiger partial charge >= 0.3 is 0 Å². The fraction of sp³-hybridized carbons (Fsp3) is 0.467. The summed E-state index contributed by atoms with van der Waals surface area (Å²) in [5, 5.41) is 3.52. The van der Waals surface area contributed by atoms with Gasteiger partial charge in [-0.3, -0.25) is 4.98 Å². The number of para-hydroxylation sites is 2. The standard InChI is InChI=1S/C15H20N4/c1-2-19-9-7-12(8-10-19)17-15-11-16-13-5-3-4-6-14(13)18-15/h3-6,11-12H,2,7-10H2,1H3,(H,17,18). The van der Waals surface area contributed by atoms with Gasteiger partial charge in [0.15, 0.2) is 0 Å². The van der Waals surface area contributed by atoms with E-state index in [2.05, 4.69) is 27.1 Å². The third-order valence-electron chi connectivity index (χ3n) is 3.84. The molecule has 2 aromatic rings. The van der Waals surface area contributed by atoms with Gasteiger partial charge in [-0.05, 0) is 31.5 Å². The summed E-state index contributed by atoms with van der Waals surface area (Å²) in [4.78, 5) is 11.6. The highest BCUT2D eigenvalue weighted by molar-refractivity contribution is 5.75. The molecule has 4 heteroatoms. The van der Waals surface area contributed by atoms with Crippen molar-refractivity contribution in [2.24, 2.45) is 0 Å². The van der Waals surface area contributed by atoms with Gasteiger partial charge in [-0.1, -0.05) is 19.1 Å². The van der Waals surface area contributed by atoms with Gasteiger partial charge in [0.05, 0.1) is 17.2 Å². The molecule has 4 nitrogen and oxygen atoms in total. The van der Waals surface area contributed by atoms with Crippen LogP contribution in [0.4, 0.5) is 5.82 Å². The molecule has 1 aliphatic rings. The Hall–Kier alpha value is -1.68. The molecule has 0 radical (unpaired) electrons. The maximum absolute atomic E-state index is 4.62. The van der Waals surface area contributed by atoms with E-state index in [1.807, 2.05) is 30.5 Å². The van der Waals surface area contributed by atoms with Gasteiger partial charge in [-0.15, -0.1) is 0 Å². The van der Waals surface area contributed by atoms with Crippen molar-refractivity contribution < 1.29 is 0 Å². The van der Waals surface area contributed by atoms with Gasteiger partial charge in [0, 0.05) is 19.1 Å². The average Bonchev–Trinajstić information content (AvgIpc) is 2.48. The topological polar surface area (TPSA) is 41.0 Å². The van der Waals surface area contributed by atoms with Crippen LogP contribution in [0.2, 0.25) is 0 Å². The maximum Gasteiger partial charge on any atom is 0.145 e. The summed E-state index contributed by atoms with van der Waals surface area (Å²) >= 11 is 0. The summed E-state index contributed by atoms with van der Waals surface area (Å²) < 4.78 is 0. The molecule has 0 saturated carbocycles. The number of hydrogen-bond donors (Lipinski definition) is 1. The van der Waals surface area contributed by atoms with E-state index in [0.29, 0.717) is 6.04 Å². The van der Waals surface area contributed by atoms with Gasteiger partial charge in [0.1, 0.15) is 5.82 Å². The Morgan fingerprint density at radius 1 is 1.21 bits per heavy atom. The van der Waals surface area contributed by atoms with Crippen LogP contribution in [-0.4, -0.2) is 40.5 Å². The second-order valence-corrected chi connectivity index (χ2v) is 5.10. The smallest absolute Gasteiger partial charge is 0.145 e. The lowest BCUT2D eigenvalue weighted by Crippen LogP contribution is -2.39. The molecule has 1 N–H and O–H groups in total. The first-order chi connectivity index (χ1) is 9.35. The highest BCUT2D eigenvalue weighted by Crippen LogP contribution is 2.16. The number of hydrogen-bond acceptors (Lipinski definition) is 4. The second-order valence-electron chi connectivity index (χ2n) is 5.10. The first kappa shape index (κ1) is 12.4. The van der Waals surface area contributed by atoms with Gasteiger partial charge in [0.2, 0.25) is 0 Å². The monoisotopic (exact) mass is 256 g/mol. The average molecular weight is 256 g/mol. The fourth-order valence-corrected chi connectivity index (χ4v) is 2.63. The van der Waals surface area contributed by atoms with E-state index in [1.54, 1.807) is 0 Å². The number of fused-ring (bicyclic) bond motifs is 1. The largest absolute Gasteiger partial charge is 0.366 e. The van der Waals surface area contributed by atoms with E-state index in [-0.39, 0.29) is 0 Å². The number of piperidine rings is 1. The molecule has 0 aliphatic carbocycles. The molecule has 1 aromatic carbocycles. The van der Waals surface area contributed by atoms with Gasteiger partial charge in [0.25, 0.3) is 0 Å². The Morgan fingerprint density at radius 3 is 2.68 bits per heavy atom. The van der Waals surface area contributed by atoms with E-state index in [0.717, 1.165) is 23.4 Å². The predicted octanol–water partition coefficient (Wildman–Crippen LogP) is 2.53. The van der Waals surface area contributed by atoms with Gasteiger partial charge in [-0.25, -0.2) is 4.98 Å². The molecule has 0 bridgehead atoms. The van der Waals surface area contributed by atoms with Gasteiger partial charge < -0.3 is 10.2 Å². The molecular weight excluding hydrogens is 236 g/mol. The lowest BCUT2D eigenvalue weighted by atomic mass is 10.1. The molecule has 0 unspecified atom stereocenters. The molecule has 1 fully saturated rings. The number of nitrogens with zero attached hydrogens (tertiary/aromatic N) is 3. The van der Waals surface area contributed by atoms with Crippen molar-refractivity contribution in [3.8, 4) is 0 Å². The van der Waals surface area contributed by atoms with Crippen LogP contribution >= 0.6 is 0 Å². The molecule has 0 atom stereocenters. The zero-order chi connectivity index (χ0) is 13.1. The van der Waals surface area contributed by atoms with Crippen molar-refractivity contribution in [2.75, 3.05) is 25.0 Å². The summed E-state index contributed by atoms with van der Waals surface area (Å²) in [7, 11) is 0. The van der Waals surface area contributed by atoms with Gasteiger partial charge in [-0.2, -0.15) is 0 Å². The van der Waals surface area contributed by atoms with E-state index in [1.165, 1.54) is 25.9 Å². The van der Waals surface area contributed by atoms with Crippen molar-refractivity contribution in [3.63, 3.8) is 0 Å². The molecule has 3 rings (SSSR count). The van der Waals surface area contributed by atoms with E-state index in [4.69, 9.17) is 0 Å². The van der Waals surface area contributed by atoms with Crippen molar-refractivity contribution in [2.45, 2.75) is 25.8 Å². The molecule has 19 heavy (non-hydrogen) atoms. The van der Waals surface area contributed by atoms with Crippen LogP contribution in [0.1, 0.15) is 19.8 Å². The zero-order valence-electron chi connectivity index (χ0n) is 11.3. The van der Waals surface area contributed by atoms with Crippen LogP contribution in [0.15, 0.2) is 30.5 Å². The number of likely N-dealkylation sites (tertiary alicyclic amines) is 1. The molecule has 0 amide bonds. The maximum atomic E-state index is 4.62. The summed E-state index contributed by atoms with van der Waals surface area (Å²) in [6.07, 6.45) is 4.21. The summed E-state index contributed by atoms with van der Waals surface area (Å²) in [6.45, 7) is 5.73. The minimum absolute atomic E-state index is 0.526. The van der Waals surface area contributed by atoms with E-state index in [9.17, 15) is 0 Å². The summed E-state index contributed by atoms with van der Waals surface area (Å²) in [5.41, 5.74) is 1.91. The van der Waals surface area contributed by atoms with Crippen molar-refractivity contribution in [1.29, 1.82) is 0 Å². The molecule has 1 saturated heterocycles. The molecule has 1 aliphatic heterocycles. The third-order valence-corrected chi connectivity index (χ3v) is 3.84. The highest BCUT2D eigenvalue weighted by atomic mass is 15.1. The number of rotatable bonds is 3. The SMILES string of the molecule is CCN1CCC(Nc2cnc3ccccc3n2)CC1. The Labute approximate surface area is 113 Å². The second kappa shape index (κ2) is 5.53. The summed E-state index contributed by atoms with van der Waals surface area (Å²) in [6, 6.07) is 8.52. The predicted molar refractivity (Wildman–Crippen MR) is 78.3 cm³/mol. The van der Waals surface area contributed by atoms with Crippen molar-refractivity contribution in [3.05, 3.63) is 30.5 Å². The quantitative estimate of drug-likeness (QED) is 0.916. The van der Waals surface area contributed by atoms with Crippen LogP contribution in [0.25, 0.3) is 11.0 Å². The number of aromatic nitrogens is 2. The number of nitrogens with one attached hydrogen (secondary N) is 1. The van der Waals surface area contributed by atoms with E-state index < -0.39 is 0 Å². The Bertz CT molecular complexity index is 547. The van der Waals surface area contributed by atoms with Crippen LogP contribution in [0.5, 0.6) is 0 Å². The molecular formula is C15H20N4. The van der Waals surface area contributed by atoms with Crippen LogP contribution in [0.3, 0.4) is 0 Å². The first-order valence-corrected chi connectivity index (χ1v) is 7.06. The molecule has 1 aromatic heterocycles. The van der Waals surface area contributed by atoms with Crippen LogP contribution < -0.4 is 5.32 Å². The van der Waals surface area contributed by atoms with Crippen LogP contribution in [-0.2, 0) is 0 Å². The normalized spacial score (nSPS) is 17.7. The van der Waals surface area contributed by atoms with Crippen LogP contribution in [0, 0.1) is 0 Å². The minimum atomic E-state index is 0.526. The third kappa shape index (κ3) is 2.84. The zero-order valence-corrected chi connectivity index (χ0v) is 11.3. The lowest BCUT2D eigenvalue weighted by Gasteiger charge is -2.31. The number of benzene rings is 1. The lowest BCUT2D eigenvalue weighted by molar-refractivity contribution is 0.229. The highest BCUT2D eigenvalue weighted by Gasteiger charge is 2.18. The molecule has 0 spiro atoms. The van der Waals surface area contributed by atoms with Crippen molar-refractivity contribution >= 4 is 16.9 Å². The Kier molecular flexibility index (Phi) is 3.60. The van der Waals surface area contributed by atoms with E-state index >= 15 is 0 Å². The number of anilines is 1. The Balaban J connectivity index is 1.68. The molecule has 2 heterocycles. The molecule has 100 valence electrons. The first-order valence-electron chi connectivity index (χ1n) is 7.06. The fourth-order valence-electron chi connectivity index (χ4n) is 2.63.